The predicted molar refractivity (Wildman–Crippen MR) is 48.5 cm³/mol. The lowest BCUT2D eigenvalue weighted by molar-refractivity contribution is -0.737. The van der Waals surface area contributed by atoms with E-state index >= 15 is 0 Å². The molecule has 66 valence electrons. The Labute approximate surface area is 78.1 Å². The van der Waals surface area contributed by atoms with Crippen molar-refractivity contribution in [1.82, 2.24) is 9.67 Å². The summed E-state index contributed by atoms with van der Waals surface area (Å²) in [6, 6.07) is 0. The predicted octanol–water partition coefficient (Wildman–Crippen LogP) is 0.269. The summed E-state index contributed by atoms with van der Waals surface area (Å²) in [5, 5.41) is 4.76. The molecule has 0 saturated carbocycles. The molecule has 0 aliphatic heterocycles. The zero-order chi connectivity index (χ0) is 9.14. The smallest absolute Gasteiger partial charge is 0.276 e. The van der Waals surface area contributed by atoms with Crippen LogP contribution in [0, 0.1) is 0 Å². The molecule has 0 saturated heterocycles. The monoisotopic (exact) mass is 183 g/mol. The van der Waals surface area contributed by atoms with Crippen LogP contribution in [-0.2, 0) is 33.1 Å². The van der Waals surface area contributed by atoms with Crippen molar-refractivity contribution in [2.75, 3.05) is 0 Å². The molecule has 12 heavy (non-hydrogen) atoms. The van der Waals surface area contributed by atoms with Gasteiger partial charge >= 0.3 is 0 Å². The van der Waals surface area contributed by atoms with E-state index in [0.29, 0.717) is 5.16 Å². The van der Waals surface area contributed by atoms with Gasteiger partial charge in [-0.05, 0) is 6.42 Å². The molecule has 0 unspecified atom stereocenters. The van der Waals surface area contributed by atoms with Crippen molar-refractivity contribution in [3.8, 4) is 0 Å². The molecule has 0 aliphatic rings. The topological polar surface area (TPSA) is 21.7 Å². The Morgan fingerprint density at radius 1 is 1.75 bits per heavy atom. The summed E-state index contributed by atoms with van der Waals surface area (Å²) in [6.45, 7) is 3.68. The molecule has 0 atom stereocenters. The van der Waals surface area contributed by atoms with E-state index < -0.39 is 0 Å². The van der Waals surface area contributed by atoms with Crippen molar-refractivity contribution in [3.05, 3.63) is 18.5 Å². The summed E-state index contributed by atoms with van der Waals surface area (Å²) < 4.78 is 3.75. The number of aryl methyl sites for hydroxylation is 1. The molecule has 0 bridgehead atoms. The maximum atomic E-state index is 5.02. The highest BCUT2D eigenvalue weighted by Crippen LogP contribution is 1.99. The Morgan fingerprint density at radius 2 is 2.42 bits per heavy atom. The molecule has 0 aromatic carbocycles. The Bertz CT molecular complexity index is 291. The first-order valence-electron chi connectivity index (χ1n) is 3.86. The van der Waals surface area contributed by atoms with Crippen molar-refractivity contribution in [2.45, 2.75) is 18.0 Å². The van der Waals surface area contributed by atoms with Crippen LogP contribution in [0.3, 0.4) is 0 Å². The first-order chi connectivity index (χ1) is 5.66. The quantitative estimate of drug-likeness (QED) is 0.381. The van der Waals surface area contributed by atoms with Gasteiger partial charge in [0.15, 0.2) is 0 Å². The lowest BCUT2D eigenvalue weighted by atomic mass is 10.3. The Balaban J connectivity index is 2.89. The standard InChI is InChI=1S/C8H13N3S/c1-4-5-6-7-10(2)8(12)9-11(7)3/h4H,1,5-6H2,2-3H3. The van der Waals surface area contributed by atoms with E-state index in [9.17, 15) is 0 Å². The molecule has 1 aromatic rings. The average molecular weight is 183 g/mol. The number of nitrogens with zero attached hydrogens (tertiary/aromatic N) is 3. The van der Waals surface area contributed by atoms with Gasteiger partial charge in [0.2, 0.25) is 0 Å². The fourth-order valence-corrected chi connectivity index (χ4v) is 1.37. The molecule has 0 fully saturated rings. The van der Waals surface area contributed by atoms with E-state index in [4.69, 9.17) is 12.6 Å². The van der Waals surface area contributed by atoms with Gasteiger partial charge in [0.25, 0.3) is 5.82 Å². The second-order valence-electron chi connectivity index (χ2n) is 2.71. The number of rotatable bonds is 3. The van der Waals surface area contributed by atoms with E-state index in [-0.39, 0.29) is 0 Å². The van der Waals surface area contributed by atoms with Crippen LogP contribution >= 0.6 is 0 Å². The summed E-state index contributed by atoms with van der Waals surface area (Å²) in [7, 11) is 3.85. The maximum Gasteiger partial charge on any atom is 0.276 e. The van der Waals surface area contributed by atoms with Gasteiger partial charge in [0.1, 0.15) is 12.2 Å². The third-order valence-corrected chi connectivity index (χ3v) is 2.21. The van der Waals surface area contributed by atoms with Crippen LogP contribution < -0.4 is 4.68 Å². The van der Waals surface area contributed by atoms with E-state index in [0.717, 1.165) is 18.7 Å². The Morgan fingerprint density at radius 3 is 2.83 bits per heavy atom. The highest BCUT2D eigenvalue weighted by Gasteiger charge is 2.11. The van der Waals surface area contributed by atoms with Crippen LogP contribution in [0.5, 0.6) is 0 Å². The largest absolute Gasteiger partial charge is 0.713 e. The van der Waals surface area contributed by atoms with Crippen molar-refractivity contribution in [2.24, 2.45) is 14.1 Å². The van der Waals surface area contributed by atoms with Crippen molar-refractivity contribution < 1.29 is 4.68 Å². The SMILES string of the molecule is C=CCCc1n(C)c([S-])n[n+]1C. The summed E-state index contributed by atoms with van der Waals surface area (Å²) >= 11 is 5.02. The molecule has 0 aliphatic carbocycles. The fraction of sp³-hybridized carbons (Fsp3) is 0.500. The number of hydrogen-bond acceptors (Lipinski definition) is 2. The van der Waals surface area contributed by atoms with Crippen molar-refractivity contribution in [3.63, 3.8) is 0 Å². The van der Waals surface area contributed by atoms with E-state index in [1.807, 2.05) is 29.4 Å². The lowest BCUT2D eigenvalue weighted by Crippen LogP contribution is -2.35. The third-order valence-electron chi connectivity index (χ3n) is 1.86. The molecular formula is C8H13N3S. The highest BCUT2D eigenvalue weighted by atomic mass is 32.1. The van der Waals surface area contributed by atoms with E-state index in [1.54, 1.807) is 0 Å². The van der Waals surface area contributed by atoms with Gasteiger partial charge in [0, 0.05) is 0 Å². The normalized spacial score (nSPS) is 10.2. The van der Waals surface area contributed by atoms with E-state index in [2.05, 4.69) is 11.7 Å². The first kappa shape index (κ1) is 9.19. The van der Waals surface area contributed by atoms with Gasteiger partial charge < -0.3 is 12.6 Å². The molecule has 3 nitrogen and oxygen atoms in total. The van der Waals surface area contributed by atoms with Crippen LogP contribution in [0.4, 0.5) is 0 Å². The Kier molecular flexibility index (Phi) is 2.81. The minimum Gasteiger partial charge on any atom is -0.713 e. The molecule has 0 amide bonds. The minimum absolute atomic E-state index is 0.636. The summed E-state index contributed by atoms with van der Waals surface area (Å²) in [5.41, 5.74) is 0. The number of aromatic nitrogens is 3. The zero-order valence-electron chi connectivity index (χ0n) is 7.45. The molecule has 0 spiro atoms. The molecule has 4 heteroatoms. The van der Waals surface area contributed by atoms with Crippen LogP contribution in [-0.4, -0.2) is 9.67 Å². The van der Waals surface area contributed by atoms with Gasteiger partial charge in [0.05, 0.1) is 13.5 Å². The van der Waals surface area contributed by atoms with Gasteiger partial charge in [-0.3, -0.25) is 0 Å². The summed E-state index contributed by atoms with van der Waals surface area (Å²) in [6.07, 6.45) is 3.80. The molecule has 1 aromatic heterocycles. The van der Waals surface area contributed by atoms with Crippen LogP contribution in [0.15, 0.2) is 17.8 Å². The number of hydrogen-bond donors (Lipinski definition) is 0. The molecule has 0 N–H and O–H groups in total. The van der Waals surface area contributed by atoms with Crippen LogP contribution in [0.2, 0.25) is 0 Å². The highest BCUT2D eigenvalue weighted by molar-refractivity contribution is 7.58. The fourth-order valence-electron chi connectivity index (χ4n) is 1.14. The van der Waals surface area contributed by atoms with E-state index in [1.165, 1.54) is 0 Å². The Hall–Kier alpha value is -0.900. The maximum absolute atomic E-state index is 5.02. The second-order valence-corrected chi connectivity index (χ2v) is 3.07. The summed E-state index contributed by atoms with van der Waals surface area (Å²) in [5.74, 6) is 1.14. The zero-order valence-corrected chi connectivity index (χ0v) is 8.27. The van der Waals surface area contributed by atoms with Gasteiger partial charge in [-0.15, -0.1) is 11.3 Å². The molecule has 1 heterocycles. The van der Waals surface area contributed by atoms with Crippen molar-refractivity contribution >= 4 is 12.6 Å². The van der Waals surface area contributed by atoms with Gasteiger partial charge in [-0.25, -0.2) is 4.57 Å². The summed E-state index contributed by atoms with van der Waals surface area (Å²) in [4.78, 5) is 0. The third kappa shape index (κ3) is 1.64. The first-order valence-corrected chi connectivity index (χ1v) is 4.27. The average Bonchev–Trinajstić information content (AvgIpc) is 2.25. The lowest BCUT2D eigenvalue weighted by Gasteiger charge is -1.96. The van der Waals surface area contributed by atoms with Gasteiger partial charge in [-0.2, -0.15) is 0 Å². The van der Waals surface area contributed by atoms with Crippen LogP contribution in [0.1, 0.15) is 12.2 Å². The second kappa shape index (κ2) is 3.67. The minimum atomic E-state index is 0.636. The number of allylic oxidation sites excluding steroid dienone is 1. The van der Waals surface area contributed by atoms with Crippen LogP contribution in [0.25, 0.3) is 0 Å². The molecule has 0 radical (unpaired) electrons. The molecular weight excluding hydrogens is 170 g/mol. The van der Waals surface area contributed by atoms with Crippen molar-refractivity contribution in [1.29, 1.82) is 0 Å². The molecule has 1 rings (SSSR count). The van der Waals surface area contributed by atoms with Gasteiger partial charge in [-0.1, -0.05) is 11.2 Å².